The van der Waals surface area contributed by atoms with Gasteiger partial charge in [-0.3, -0.25) is 4.90 Å². The Morgan fingerprint density at radius 2 is 2.26 bits per heavy atom. The van der Waals surface area contributed by atoms with Crippen molar-refractivity contribution in [3.05, 3.63) is 35.1 Å². The molecule has 3 nitrogen and oxygen atoms in total. The third-order valence-electron chi connectivity index (χ3n) is 3.21. The molecule has 1 aliphatic rings. The van der Waals surface area contributed by atoms with Crippen LogP contribution in [0.1, 0.15) is 25.0 Å². The fraction of sp³-hybridized carbons (Fsp3) is 0.500. The summed E-state index contributed by atoms with van der Waals surface area (Å²) in [5.41, 5.74) is 6.72. The average molecular weight is 282 g/mol. The van der Waals surface area contributed by atoms with Crippen molar-refractivity contribution < 1.29 is 9.13 Å². The number of hydrogen-bond acceptors (Lipinski definition) is 3. The molecule has 2 rings (SSSR count). The molecule has 0 amide bonds. The lowest BCUT2D eigenvalue weighted by Gasteiger charge is -2.38. The average Bonchev–Trinajstić information content (AvgIpc) is 2.30. The normalized spacial score (nSPS) is 19.3. The second kappa shape index (κ2) is 5.53. The minimum absolute atomic E-state index is 0.0988. The molecule has 104 valence electrons. The summed E-state index contributed by atoms with van der Waals surface area (Å²) >= 11 is 4.85. The number of rotatable bonds is 3. The molecule has 1 aromatic rings. The van der Waals surface area contributed by atoms with Gasteiger partial charge in [0, 0.05) is 25.2 Å². The van der Waals surface area contributed by atoms with Crippen LogP contribution in [0.4, 0.5) is 4.39 Å². The smallest absolute Gasteiger partial charge is 0.133 e. The number of nitrogens with two attached hydrogens (primary N) is 1. The van der Waals surface area contributed by atoms with E-state index in [0.717, 1.165) is 31.8 Å². The lowest BCUT2D eigenvalue weighted by atomic mass is 10.1. The van der Waals surface area contributed by atoms with Crippen molar-refractivity contribution in [3.8, 4) is 0 Å². The third-order valence-corrected chi connectivity index (χ3v) is 3.43. The van der Waals surface area contributed by atoms with E-state index in [2.05, 4.69) is 18.7 Å². The minimum Gasteiger partial charge on any atom is -0.389 e. The SMILES string of the molecule is CC1(C)CN(Cc2ccc(F)c(C(N)=S)c2)CCO1. The highest BCUT2D eigenvalue weighted by molar-refractivity contribution is 7.80. The van der Waals surface area contributed by atoms with Gasteiger partial charge in [0.15, 0.2) is 0 Å². The number of benzene rings is 1. The molecular weight excluding hydrogens is 263 g/mol. The van der Waals surface area contributed by atoms with Crippen molar-refractivity contribution >= 4 is 17.2 Å². The molecule has 1 aromatic carbocycles. The molecule has 0 atom stereocenters. The largest absolute Gasteiger partial charge is 0.389 e. The van der Waals surface area contributed by atoms with Crippen molar-refractivity contribution in [1.82, 2.24) is 4.90 Å². The summed E-state index contributed by atoms with van der Waals surface area (Å²) in [6.07, 6.45) is 0. The molecule has 1 aliphatic heterocycles. The summed E-state index contributed by atoms with van der Waals surface area (Å²) < 4.78 is 19.2. The van der Waals surface area contributed by atoms with E-state index >= 15 is 0 Å². The van der Waals surface area contributed by atoms with Crippen LogP contribution in [0.2, 0.25) is 0 Å². The second-order valence-corrected chi connectivity index (χ2v) is 5.94. The number of thiocarbonyl (C=S) groups is 1. The third kappa shape index (κ3) is 3.72. The predicted octanol–water partition coefficient (Wildman–Crippen LogP) is 2.07. The molecule has 1 saturated heterocycles. The first-order chi connectivity index (χ1) is 8.87. The van der Waals surface area contributed by atoms with Gasteiger partial charge in [-0.05, 0) is 31.5 Å². The van der Waals surface area contributed by atoms with Gasteiger partial charge in [-0.1, -0.05) is 18.3 Å². The van der Waals surface area contributed by atoms with Crippen LogP contribution in [0.25, 0.3) is 0 Å². The second-order valence-electron chi connectivity index (χ2n) is 5.50. The molecule has 0 radical (unpaired) electrons. The van der Waals surface area contributed by atoms with E-state index in [0.29, 0.717) is 5.56 Å². The maximum Gasteiger partial charge on any atom is 0.133 e. The van der Waals surface area contributed by atoms with E-state index in [1.165, 1.54) is 6.07 Å². The van der Waals surface area contributed by atoms with Crippen LogP contribution in [-0.2, 0) is 11.3 Å². The molecule has 1 heterocycles. The zero-order valence-electron chi connectivity index (χ0n) is 11.3. The zero-order valence-corrected chi connectivity index (χ0v) is 12.1. The van der Waals surface area contributed by atoms with Crippen LogP contribution in [0.5, 0.6) is 0 Å². The molecule has 0 spiro atoms. The van der Waals surface area contributed by atoms with E-state index in [4.69, 9.17) is 22.7 Å². The molecule has 19 heavy (non-hydrogen) atoms. The highest BCUT2D eigenvalue weighted by atomic mass is 32.1. The van der Waals surface area contributed by atoms with E-state index in [9.17, 15) is 4.39 Å². The molecule has 1 fully saturated rings. The van der Waals surface area contributed by atoms with Crippen molar-refractivity contribution in [3.63, 3.8) is 0 Å². The minimum atomic E-state index is -0.362. The van der Waals surface area contributed by atoms with Gasteiger partial charge in [0.25, 0.3) is 0 Å². The Kier molecular flexibility index (Phi) is 4.18. The number of hydrogen-bond donors (Lipinski definition) is 1. The fourth-order valence-corrected chi connectivity index (χ4v) is 2.52. The molecule has 0 unspecified atom stereocenters. The van der Waals surface area contributed by atoms with Gasteiger partial charge in [-0.2, -0.15) is 0 Å². The number of halogens is 1. The Morgan fingerprint density at radius 1 is 1.53 bits per heavy atom. The van der Waals surface area contributed by atoms with Gasteiger partial charge in [0.05, 0.1) is 12.2 Å². The van der Waals surface area contributed by atoms with Crippen molar-refractivity contribution in [2.24, 2.45) is 5.73 Å². The molecule has 0 aromatic heterocycles. The summed E-state index contributed by atoms with van der Waals surface area (Å²) in [7, 11) is 0. The maximum absolute atomic E-state index is 13.5. The maximum atomic E-state index is 13.5. The van der Waals surface area contributed by atoms with Gasteiger partial charge >= 0.3 is 0 Å². The van der Waals surface area contributed by atoms with Gasteiger partial charge in [-0.15, -0.1) is 0 Å². The Labute approximate surface area is 118 Å². The van der Waals surface area contributed by atoms with Crippen LogP contribution in [0.15, 0.2) is 18.2 Å². The van der Waals surface area contributed by atoms with Gasteiger partial charge in [0.2, 0.25) is 0 Å². The monoisotopic (exact) mass is 282 g/mol. The topological polar surface area (TPSA) is 38.5 Å². The fourth-order valence-electron chi connectivity index (χ4n) is 2.37. The number of morpholine rings is 1. The molecule has 0 aliphatic carbocycles. The van der Waals surface area contributed by atoms with Crippen LogP contribution in [0.3, 0.4) is 0 Å². The van der Waals surface area contributed by atoms with Crippen molar-refractivity contribution in [1.29, 1.82) is 0 Å². The number of ether oxygens (including phenoxy) is 1. The van der Waals surface area contributed by atoms with Crippen LogP contribution >= 0.6 is 12.2 Å². The Balaban J connectivity index is 2.11. The summed E-state index contributed by atoms with van der Waals surface area (Å²) in [6, 6.07) is 4.94. The van der Waals surface area contributed by atoms with Crippen LogP contribution in [-0.4, -0.2) is 35.2 Å². The van der Waals surface area contributed by atoms with Crippen LogP contribution in [0, 0.1) is 5.82 Å². The van der Waals surface area contributed by atoms with Crippen molar-refractivity contribution in [2.45, 2.75) is 26.0 Å². The van der Waals surface area contributed by atoms with Crippen LogP contribution < -0.4 is 5.73 Å². The highest BCUT2D eigenvalue weighted by Gasteiger charge is 2.27. The molecule has 0 saturated carbocycles. The van der Waals surface area contributed by atoms with E-state index in [1.807, 2.05) is 0 Å². The lowest BCUT2D eigenvalue weighted by Crippen LogP contribution is -2.47. The van der Waals surface area contributed by atoms with Gasteiger partial charge in [-0.25, -0.2) is 4.39 Å². The predicted molar refractivity (Wildman–Crippen MR) is 77.6 cm³/mol. The highest BCUT2D eigenvalue weighted by Crippen LogP contribution is 2.19. The molecular formula is C14H19FN2OS. The molecule has 0 bridgehead atoms. The zero-order chi connectivity index (χ0) is 14.0. The summed E-state index contributed by atoms with van der Waals surface area (Å²) in [6.45, 7) is 7.35. The number of nitrogens with zero attached hydrogens (tertiary/aromatic N) is 1. The first-order valence-electron chi connectivity index (χ1n) is 6.32. The van der Waals surface area contributed by atoms with E-state index in [1.54, 1.807) is 12.1 Å². The Hall–Kier alpha value is -1.04. The quantitative estimate of drug-likeness (QED) is 0.861. The van der Waals surface area contributed by atoms with Gasteiger partial charge < -0.3 is 10.5 Å². The van der Waals surface area contributed by atoms with E-state index in [-0.39, 0.29) is 16.4 Å². The summed E-state index contributed by atoms with van der Waals surface area (Å²) in [5.74, 6) is -0.362. The first kappa shape index (κ1) is 14.4. The Bertz CT molecular complexity index is 490. The Morgan fingerprint density at radius 3 is 2.89 bits per heavy atom. The first-order valence-corrected chi connectivity index (χ1v) is 6.73. The summed E-state index contributed by atoms with van der Waals surface area (Å²) in [5, 5.41) is 0. The summed E-state index contributed by atoms with van der Waals surface area (Å²) in [4.78, 5) is 2.39. The van der Waals surface area contributed by atoms with Gasteiger partial charge in [0.1, 0.15) is 10.8 Å². The van der Waals surface area contributed by atoms with Crippen molar-refractivity contribution in [2.75, 3.05) is 19.7 Å². The molecule has 2 N–H and O–H groups in total. The standard InChI is InChI=1S/C14H19FN2OS/c1-14(2)9-17(5-6-18-14)8-10-3-4-12(15)11(7-10)13(16)19/h3-4,7H,5-6,8-9H2,1-2H3,(H2,16,19). The lowest BCUT2D eigenvalue weighted by molar-refractivity contribution is -0.0882. The van der Waals surface area contributed by atoms with E-state index < -0.39 is 0 Å². The molecule has 5 heteroatoms.